The Balaban J connectivity index is 1.78. The van der Waals surface area contributed by atoms with Crippen LogP contribution in [0.4, 0.5) is 0 Å². The van der Waals surface area contributed by atoms with Crippen molar-refractivity contribution in [3.8, 4) is 23.1 Å². The highest BCUT2D eigenvalue weighted by molar-refractivity contribution is 5.60. The van der Waals surface area contributed by atoms with Crippen molar-refractivity contribution in [3.63, 3.8) is 0 Å². The second-order valence-electron chi connectivity index (χ2n) is 6.79. The zero-order valence-corrected chi connectivity index (χ0v) is 16.2. The lowest BCUT2D eigenvalue weighted by Gasteiger charge is -2.05. The first-order valence-corrected chi connectivity index (χ1v) is 8.89. The Bertz CT molecular complexity index is 1220. The van der Waals surface area contributed by atoms with Gasteiger partial charge >= 0.3 is 0 Å². The molecule has 0 N–H and O–H groups in total. The number of rotatable bonds is 1. The van der Waals surface area contributed by atoms with Crippen LogP contribution in [0, 0.1) is 39.5 Å². The van der Waals surface area contributed by atoms with Crippen LogP contribution in [0.25, 0.3) is 16.9 Å². The van der Waals surface area contributed by atoms with Crippen molar-refractivity contribution in [2.24, 2.45) is 7.05 Å². The first-order chi connectivity index (χ1) is 13.0. The van der Waals surface area contributed by atoms with E-state index in [1.54, 1.807) is 0 Å². The van der Waals surface area contributed by atoms with E-state index >= 15 is 0 Å². The fourth-order valence-electron chi connectivity index (χ4n) is 3.05. The average molecular weight is 355 g/mol. The van der Waals surface area contributed by atoms with E-state index in [-0.39, 0.29) is 0 Å². The summed E-state index contributed by atoms with van der Waals surface area (Å²) in [6, 6.07) is 10.1. The molecule has 3 aromatic heterocycles. The SMILES string of the molecule is Cc1nc2c(C)c(C)c(C#Cc3nc(-c4ccccc4)cn3C)nn2c1C. The molecule has 0 fully saturated rings. The van der Waals surface area contributed by atoms with E-state index in [2.05, 4.69) is 28.7 Å². The lowest BCUT2D eigenvalue weighted by atomic mass is 10.1. The van der Waals surface area contributed by atoms with E-state index < -0.39 is 0 Å². The van der Waals surface area contributed by atoms with E-state index in [1.807, 2.05) is 73.4 Å². The van der Waals surface area contributed by atoms with Crippen molar-refractivity contribution < 1.29 is 0 Å². The third kappa shape index (κ3) is 2.89. The monoisotopic (exact) mass is 355 g/mol. The summed E-state index contributed by atoms with van der Waals surface area (Å²) in [7, 11) is 1.96. The molecular formula is C22H21N5. The number of benzene rings is 1. The molecule has 5 heteroatoms. The highest BCUT2D eigenvalue weighted by Gasteiger charge is 2.13. The summed E-state index contributed by atoms with van der Waals surface area (Å²) in [6.45, 7) is 8.14. The molecule has 0 atom stereocenters. The molecule has 134 valence electrons. The van der Waals surface area contributed by atoms with E-state index in [4.69, 9.17) is 5.10 Å². The Labute approximate surface area is 158 Å². The van der Waals surface area contributed by atoms with Gasteiger partial charge in [0.05, 0.1) is 17.1 Å². The van der Waals surface area contributed by atoms with Crippen LogP contribution >= 0.6 is 0 Å². The largest absolute Gasteiger partial charge is 0.327 e. The maximum Gasteiger partial charge on any atom is 0.186 e. The zero-order chi connectivity index (χ0) is 19.1. The minimum Gasteiger partial charge on any atom is -0.327 e. The molecule has 0 aliphatic rings. The highest BCUT2D eigenvalue weighted by atomic mass is 15.3. The smallest absolute Gasteiger partial charge is 0.186 e. The molecule has 1 aromatic carbocycles. The highest BCUT2D eigenvalue weighted by Crippen LogP contribution is 2.19. The molecular weight excluding hydrogens is 334 g/mol. The number of fused-ring (bicyclic) bond motifs is 1. The van der Waals surface area contributed by atoms with Crippen LogP contribution in [-0.4, -0.2) is 24.1 Å². The van der Waals surface area contributed by atoms with Gasteiger partial charge in [0.1, 0.15) is 5.69 Å². The van der Waals surface area contributed by atoms with Crippen molar-refractivity contribution >= 4 is 5.65 Å². The van der Waals surface area contributed by atoms with Gasteiger partial charge in [-0.2, -0.15) is 5.10 Å². The summed E-state index contributed by atoms with van der Waals surface area (Å²) in [4.78, 5) is 9.29. The Morgan fingerprint density at radius 1 is 0.889 bits per heavy atom. The third-order valence-electron chi connectivity index (χ3n) is 5.01. The summed E-state index contributed by atoms with van der Waals surface area (Å²) in [5, 5.41) is 4.71. The van der Waals surface area contributed by atoms with Crippen LogP contribution in [0.2, 0.25) is 0 Å². The third-order valence-corrected chi connectivity index (χ3v) is 5.01. The first kappa shape index (κ1) is 17.0. The summed E-state index contributed by atoms with van der Waals surface area (Å²) >= 11 is 0. The Kier molecular flexibility index (Phi) is 4.04. The van der Waals surface area contributed by atoms with Gasteiger partial charge in [0.2, 0.25) is 0 Å². The van der Waals surface area contributed by atoms with Gasteiger partial charge in [-0.25, -0.2) is 14.5 Å². The minimum absolute atomic E-state index is 0.714. The van der Waals surface area contributed by atoms with Crippen LogP contribution in [0.15, 0.2) is 36.5 Å². The summed E-state index contributed by atoms with van der Waals surface area (Å²) in [5.74, 6) is 7.11. The van der Waals surface area contributed by atoms with E-state index in [9.17, 15) is 0 Å². The fourth-order valence-corrected chi connectivity index (χ4v) is 3.05. The van der Waals surface area contributed by atoms with Crippen molar-refractivity contribution in [1.29, 1.82) is 0 Å². The standard InChI is InChI=1S/C22H21N5/c1-14-15(2)22-23-16(3)17(4)27(22)25-19(14)11-12-21-24-20(13-26(21)5)18-9-7-6-8-10-18/h6-10,13H,1-5H3. The lowest BCUT2D eigenvalue weighted by Crippen LogP contribution is -2.03. The molecule has 0 bridgehead atoms. The fraction of sp³-hybridized carbons (Fsp3) is 0.227. The van der Waals surface area contributed by atoms with Crippen molar-refractivity contribution in [1.82, 2.24) is 24.1 Å². The van der Waals surface area contributed by atoms with Crippen LogP contribution in [0.5, 0.6) is 0 Å². The van der Waals surface area contributed by atoms with E-state index in [0.717, 1.165) is 45.1 Å². The lowest BCUT2D eigenvalue weighted by molar-refractivity contribution is 0.869. The molecule has 0 saturated heterocycles. The maximum absolute atomic E-state index is 4.71. The Morgan fingerprint density at radius 2 is 1.63 bits per heavy atom. The van der Waals surface area contributed by atoms with Crippen molar-refractivity contribution in [2.75, 3.05) is 0 Å². The topological polar surface area (TPSA) is 48.0 Å². The molecule has 0 radical (unpaired) electrons. The Hall–Kier alpha value is -3.39. The molecule has 3 heterocycles. The van der Waals surface area contributed by atoms with Crippen LogP contribution in [0.3, 0.4) is 0 Å². The number of hydrogen-bond acceptors (Lipinski definition) is 3. The predicted octanol–water partition coefficient (Wildman–Crippen LogP) is 3.76. The van der Waals surface area contributed by atoms with Gasteiger partial charge in [-0.1, -0.05) is 30.3 Å². The normalized spacial score (nSPS) is 10.9. The molecule has 0 saturated carbocycles. The van der Waals surface area contributed by atoms with Crippen LogP contribution in [-0.2, 0) is 7.05 Å². The number of hydrogen-bond donors (Lipinski definition) is 0. The van der Waals surface area contributed by atoms with E-state index in [1.165, 1.54) is 0 Å². The molecule has 4 rings (SSSR count). The molecule has 4 aromatic rings. The van der Waals surface area contributed by atoms with Gasteiger partial charge in [-0.15, -0.1) is 0 Å². The van der Waals surface area contributed by atoms with Gasteiger partial charge in [0.15, 0.2) is 11.5 Å². The molecule has 0 spiro atoms. The quantitative estimate of drug-likeness (QED) is 0.489. The molecule has 5 nitrogen and oxygen atoms in total. The van der Waals surface area contributed by atoms with Gasteiger partial charge in [-0.05, 0) is 50.7 Å². The minimum atomic E-state index is 0.714. The summed E-state index contributed by atoms with van der Waals surface area (Å²) in [6.07, 6.45) is 2.00. The number of imidazole rings is 2. The van der Waals surface area contributed by atoms with Crippen LogP contribution < -0.4 is 0 Å². The zero-order valence-electron chi connectivity index (χ0n) is 16.2. The number of aryl methyl sites for hydroxylation is 4. The molecule has 0 amide bonds. The summed E-state index contributed by atoms with van der Waals surface area (Å²) < 4.78 is 3.83. The molecule has 0 aliphatic heterocycles. The van der Waals surface area contributed by atoms with Crippen molar-refractivity contribution in [2.45, 2.75) is 27.7 Å². The number of nitrogens with zero attached hydrogens (tertiary/aromatic N) is 5. The van der Waals surface area contributed by atoms with Gasteiger partial charge < -0.3 is 4.57 Å². The molecule has 0 aliphatic carbocycles. The first-order valence-electron chi connectivity index (χ1n) is 8.89. The van der Waals surface area contributed by atoms with Gasteiger partial charge in [0, 0.05) is 18.8 Å². The maximum atomic E-state index is 4.71. The average Bonchev–Trinajstić information content (AvgIpc) is 3.18. The van der Waals surface area contributed by atoms with E-state index in [0.29, 0.717) is 5.82 Å². The molecule has 0 unspecified atom stereocenters. The second kappa shape index (κ2) is 6.40. The van der Waals surface area contributed by atoms with Crippen molar-refractivity contribution in [3.05, 3.63) is 70.6 Å². The number of aromatic nitrogens is 5. The van der Waals surface area contributed by atoms with Crippen LogP contribution in [0.1, 0.15) is 34.0 Å². The molecule has 27 heavy (non-hydrogen) atoms. The second-order valence-corrected chi connectivity index (χ2v) is 6.79. The van der Waals surface area contributed by atoms with Gasteiger partial charge in [-0.3, -0.25) is 0 Å². The summed E-state index contributed by atoms with van der Waals surface area (Å²) in [5.41, 5.74) is 7.84. The van der Waals surface area contributed by atoms with Gasteiger partial charge in [0.25, 0.3) is 0 Å². The Morgan fingerprint density at radius 3 is 2.37 bits per heavy atom. The predicted molar refractivity (Wildman–Crippen MR) is 107 cm³/mol.